The molecule has 0 spiro atoms. The van der Waals surface area contributed by atoms with E-state index in [1.165, 1.54) is 21.9 Å². The van der Waals surface area contributed by atoms with Crippen LogP contribution < -0.4 is 5.32 Å². The topological polar surface area (TPSA) is 32.3 Å². The molecule has 0 saturated heterocycles. The van der Waals surface area contributed by atoms with Gasteiger partial charge in [-0.3, -0.25) is 0 Å². The molecule has 3 aromatic rings. The molecule has 2 N–H and O–H groups in total. The van der Waals surface area contributed by atoms with Gasteiger partial charge in [0.2, 0.25) is 0 Å². The van der Waals surface area contributed by atoms with Gasteiger partial charge in [0.1, 0.15) is 0 Å². The molecule has 22 heavy (non-hydrogen) atoms. The van der Waals surface area contributed by atoms with Crippen molar-refractivity contribution in [2.24, 2.45) is 0 Å². The highest BCUT2D eigenvalue weighted by Gasteiger charge is 2.14. The Balaban J connectivity index is 1.97. The molecule has 2 nitrogen and oxygen atoms in total. The number of nitrogens with one attached hydrogen (secondary N) is 1. The Kier molecular flexibility index (Phi) is 4.84. The number of aliphatic hydroxyl groups excluding tert-OH is 1. The van der Waals surface area contributed by atoms with Crippen molar-refractivity contribution in [3.63, 3.8) is 0 Å². The van der Waals surface area contributed by atoms with Crippen LogP contribution in [-0.4, -0.2) is 18.3 Å². The van der Waals surface area contributed by atoms with Gasteiger partial charge >= 0.3 is 0 Å². The van der Waals surface area contributed by atoms with E-state index in [0.29, 0.717) is 6.54 Å². The minimum absolute atomic E-state index is 0.149. The van der Waals surface area contributed by atoms with Gasteiger partial charge in [0.25, 0.3) is 0 Å². The monoisotopic (exact) mass is 291 g/mol. The Bertz CT molecular complexity index is 719. The Morgan fingerprint density at radius 1 is 0.818 bits per heavy atom. The second kappa shape index (κ2) is 7.21. The van der Waals surface area contributed by atoms with Gasteiger partial charge in [-0.1, -0.05) is 72.8 Å². The van der Waals surface area contributed by atoms with Crippen LogP contribution >= 0.6 is 0 Å². The van der Waals surface area contributed by atoms with Crippen LogP contribution in [-0.2, 0) is 6.42 Å². The highest BCUT2D eigenvalue weighted by molar-refractivity contribution is 5.86. The number of benzene rings is 3. The van der Waals surface area contributed by atoms with E-state index >= 15 is 0 Å². The molecule has 0 saturated carbocycles. The van der Waals surface area contributed by atoms with E-state index in [9.17, 15) is 5.11 Å². The number of hydrogen-bond acceptors (Lipinski definition) is 2. The first kappa shape index (κ1) is 14.8. The summed E-state index contributed by atoms with van der Waals surface area (Å²) in [5, 5.41) is 15.2. The van der Waals surface area contributed by atoms with Crippen LogP contribution in [0.4, 0.5) is 0 Å². The third-order valence-electron chi connectivity index (χ3n) is 3.98. The van der Waals surface area contributed by atoms with E-state index in [0.717, 1.165) is 6.42 Å². The fourth-order valence-corrected chi connectivity index (χ4v) is 2.93. The SMILES string of the molecule is OCCNC(Cc1ccccc1)c1cccc2ccccc12. The predicted octanol–water partition coefficient (Wildman–Crippen LogP) is 3.71. The van der Waals surface area contributed by atoms with Crippen LogP contribution in [0.5, 0.6) is 0 Å². The Morgan fingerprint density at radius 2 is 1.55 bits per heavy atom. The van der Waals surface area contributed by atoms with Crippen molar-refractivity contribution in [3.05, 3.63) is 83.9 Å². The molecule has 1 unspecified atom stereocenters. The molecule has 0 amide bonds. The lowest BCUT2D eigenvalue weighted by Crippen LogP contribution is -2.26. The summed E-state index contributed by atoms with van der Waals surface area (Å²) < 4.78 is 0. The zero-order valence-corrected chi connectivity index (χ0v) is 12.6. The summed E-state index contributed by atoms with van der Waals surface area (Å²) in [5.41, 5.74) is 2.58. The van der Waals surface area contributed by atoms with Crippen LogP contribution in [0.25, 0.3) is 10.8 Å². The molecular weight excluding hydrogens is 270 g/mol. The van der Waals surface area contributed by atoms with Crippen molar-refractivity contribution in [1.29, 1.82) is 0 Å². The molecule has 112 valence electrons. The van der Waals surface area contributed by atoms with E-state index in [4.69, 9.17) is 0 Å². The van der Waals surface area contributed by atoms with Crippen LogP contribution in [0.1, 0.15) is 17.2 Å². The van der Waals surface area contributed by atoms with Gasteiger partial charge in [0, 0.05) is 12.6 Å². The van der Waals surface area contributed by atoms with Gasteiger partial charge in [-0.25, -0.2) is 0 Å². The normalized spacial score (nSPS) is 12.4. The molecule has 0 heterocycles. The molecule has 1 atom stereocenters. The maximum atomic E-state index is 9.18. The first-order valence-corrected chi connectivity index (χ1v) is 7.74. The second-order valence-electron chi connectivity index (χ2n) is 5.49. The maximum absolute atomic E-state index is 9.18. The molecule has 0 aliphatic carbocycles. The highest BCUT2D eigenvalue weighted by Crippen LogP contribution is 2.26. The standard InChI is InChI=1S/C20H21NO/c22-14-13-21-20(15-16-7-2-1-3-8-16)19-12-6-10-17-9-4-5-11-18(17)19/h1-12,20-22H,13-15H2. The molecule has 0 radical (unpaired) electrons. The van der Waals surface area contributed by atoms with Crippen molar-refractivity contribution in [2.75, 3.05) is 13.2 Å². The van der Waals surface area contributed by atoms with Gasteiger partial charge < -0.3 is 10.4 Å². The molecule has 0 aromatic heterocycles. The van der Waals surface area contributed by atoms with Crippen molar-refractivity contribution >= 4 is 10.8 Å². The van der Waals surface area contributed by atoms with Crippen LogP contribution in [0.2, 0.25) is 0 Å². The molecule has 0 aliphatic rings. The molecule has 0 fully saturated rings. The minimum Gasteiger partial charge on any atom is -0.395 e. The number of rotatable bonds is 6. The van der Waals surface area contributed by atoms with Crippen molar-refractivity contribution in [2.45, 2.75) is 12.5 Å². The second-order valence-corrected chi connectivity index (χ2v) is 5.49. The van der Waals surface area contributed by atoms with E-state index < -0.39 is 0 Å². The number of aliphatic hydroxyl groups is 1. The summed E-state index contributed by atoms with van der Waals surface area (Å²) in [6.07, 6.45) is 0.912. The Labute approximate surface area is 131 Å². The predicted molar refractivity (Wildman–Crippen MR) is 91.9 cm³/mol. The van der Waals surface area contributed by atoms with Crippen molar-refractivity contribution < 1.29 is 5.11 Å². The third-order valence-corrected chi connectivity index (χ3v) is 3.98. The molecular formula is C20H21NO. The van der Waals surface area contributed by atoms with Crippen LogP contribution in [0, 0.1) is 0 Å². The zero-order valence-electron chi connectivity index (χ0n) is 12.6. The molecule has 3 rings (SSSR count). The quantitative estimate of drug-likeness (QED) is 0.725. The zero-order chi connectivity index (χ0) is 15.2. The lowest BCUT2D eigenvalue weighted by molar-refractivity contribution is 0.284. The van der Waals surface area contributed by atoms with Gasteiger partial charge in [-0.2, -0.15) is 0 Å². The fraction of sp³-hybridized carbons (Fsp3) is 0.200. The maximum Gasteiger partial charge on any atom is 0.0556 e. The largest absolute Gasteiger partial charge is 0.395 e. The van der Waals surface area contributed by atoms with Crippen LogP contribution in [0.3, 0.4) is 0 Å². The van der Waals surface area contributed by atoms with Gasteiger partial charge in [0.05, 0.1) is 6.61 Å². The van der Waals surface area contributed by atoms with E-state index in [2.05, 4.69) is 72.0 Å². The first-order chi connectivity index (χ1) is 10.9. The summed E-state index contributed by atoms with van der Waals surface area (Å²) in [4.78, 5) is 0. The number of fused-ring (bicyclic) bond motifs is 1. The fourth-order valence-electron chi connectivity index (χ4n) is 2.93. The van der Waals surface area contributed by atoms with Gasteiger partial charge in [-0.15, -0.1) is 0 Å². The lowest BCUT2D eigenvalue weighted by Gasteiger charge is -2.21. The summed E-state index contributed by atoms with van der Waals surface area (Å²) in [6, 6.07) is 25.6. The smallest absolute Gasteiger partial charge is 0.0556 e. The summed E-state index contributed by atoms with van der Waals surface area (Å²) in [5.74, 6) is 0. The van der Waals surface area contributed by atoms with E-state index in [1.54, 1.807) is 0 Å². The third kappa shape index (κ3) is 3.35. The van der Waals surface area contributed by atoms with E-state index in [1.807, 2.05) is 6.07 Å². The van der Waals surface area contributed by atoms with Crippen molar-refractivity contribution in [1.82, 2.24) is 5.32 Å². The average Bonchev–Trinajstić information content (AvgIpc) is 2.59. The van der Waals surface area contributed by atoms with Crippen molar-refractivity contribution in [3.8, 4) is 0 Å². The summed E-state index contributed by atoms with van der Waals surface area (Å²) in [7, 11) is 0. The minimum atomic E-state index is 0.149. The van der Waals surface area contributed by atoms with Gasteiger partial charge in [-0.05, 0) is 28.3 Å². The highest BCUT2D eigenvalue weighted by atomic mass is 16.3. The van der Waals surface area contributed by atoms with Crippen LogP contribution in [0.15, 0.2) is 72.8 Å². The molecule has 2 heteroatoms. The molecule has 0 aliphatic heterocycles. The summed E-state index contributed by atoms with van der Waals surface area (Å²) >= 11 is 0. The average molecular weight is 291 g/mol. The molecule has 0 bridgehead atoms. The van der Waals surface area contributed by atoms with Gasteiger partial charge in [0.15, 0.2) is 0 Å². The lowest BCUT2D eigenvalue weighted by atomic mass is 9.94. The summed E-state index contributed by atoms with van der Waals surface area (Å²) in [6.45, 7) is 0.747. The molecule has 3 aromatic carbocycles. The number of hydrogen-bond donors (Lipinski definition) is 2. The van der Waals surface area contributed by atoms with E-state index in [-0.39, 0.29) is 12.6 Å². The first-order valence-electron chi connectivity index (χ1n) is 7.74. The Morgan fingerprint density at radius 3 is 2.36 bits per heavy atom. The Hall–Kier alpha value is -2.16.